The number of carbonyl (C=O) groups is 2. The van der Waals surface area contributed by atoms with Crippen LogP contribution in [0, 0.1) is 11.8 Å². The Morgan fingerprint density at radius 1 is 1.30 bits per heavy atom. The van der Waals surface area contributed by atoms with Gasteiger partial charge < -0.3 is 10.6 Å². The lowest BCUT2D eigenvalue weighted by Gasteiger charge is -2.40. The first-order valence-electron chi connectivity index (χ1n) is 8.46. The molecular formula is C18H32N2O2S. The van der Waals surface area contributed by atoms with Gasteiger partial charge in [-0.05, 0) is 57.6 Å². The number of hydrogen-bond acceptors (Lipinski definition) is 3. The van der Waals surface area contributed by atoms with Crippen molar-refractivity contribution in [2.75, 3.05) is 12.0 Å². The highest BCUT2D eigenvalue weighted by atomic mass is 32.2. The minimum Gasteiger partial charge on any atom is -0.349 e. The molecule has 5 heteroatoms. The monoisotopic (exact) mass is 340 g/mol. The molecule has 1 aliphatic rings. The van der Waals surface area contributed by atoms with Crippen molar-refractivity contribution in [2.24, 2.45) is 11.8 Å². The summed E-state index contributed by atoms with van der Waals surface area (Å²) in [4.78, 5) is 24.4. The largest absolute Gasteiger partial charge is 0.349 e. The number of rotatable bonds is 7. The van der Waals surface area contributed by atoms with Gasteiger partial charge in [-0.15, -0.1) is 0 Å². The van der Waals surface area contributed by atoms with E-state index >= 15 is 0 Å². The Kier molecular flexibility index (Phi) is 7.65. The van der Waals surface area contributed by atoms with E-state index in [1.165, 1.54) is 0 Å². The molecule has 1 fully saturated rings. The zero-order valence-corrected chi connectivity index (χ0v) is 16.0. The molecule has 0 bridgehead atoms. The third kappa shape index (κ3) is 6.21. The summed E-state index contributed by atoms with van der Waals surface area (Å²) in [5, 5.41) is 5.97. The molecule has 23 heavy (non-hydrogen) atoms. The summed E-state index contributed by atoms with van der Waals surface area (Å²) >= 11 is 1.55. The highest BCUT2D eigenvalue weighted by molar-refractivity contribution is 7.98. The van der Waals surface area contributed by atoms with E-state index in [9.17, 15) is 9.59 Å². The van der Waals surface area contributed by atoms with E-state index < -0.39 is 6.04 Å². The Bertz CT molecular complexity index is 440. The van der Waals surface area contributed by atoms with Gasteiger partial charge in [-0.25, -0.2) is 0 Å². The van der Waals surface area contributed by atoms with Gasteiger partial charge in [0.2, 0.25) is 11.8 Å². The predicted octanol–water partition coefficient (Wildman–Crippen LogP) is 3.13. The van der Waals surface area contributed by atoms with E-state index in [1.807, 2.05) is 6.26 Å². The van der Waals surface area contributed by atoms with Gasteiger partial charge >= 0.3 is 0 Å². The number of nitrogens with one attached hydrogen (secondary N) is 2. The quantitative estimate of drug-likeness (QED) is 0.700. The van der Waals surface area contributed by atoms with Crippen LogP contribution in [0.4, 0.5) is 0 Å². The lowest BCUT2D eigenvalue weighted by atomic mass is 9.73. The molecule has 0 aromatic rings. The van der Waals surface area contributed by atoms with Gasteiger partial charge in [-0.1, -0.05) is 20.4 Å². The summed E-state index contributed by atoms with van der Waals surface area (Å²) in [7, 11) is 0. The number of amides is 2. The Morgan fingerprint density at radius 3 is 2.30 bits per heavy atom. The van der Waals surface area contributed by atoms with Gasteiger partial charge in [-0.2, -0.15) is 11.8 Å². The predicted molar refractivity (Wildman–Crippen MR) is 98.5 cm³/mol. The molecule has 132 valence electrons. The second kappa shape index (κ2) is 8.76. The van der Waals surface area contributed by atoms with Gasteiger partial charge in [-0.3, -0.25) is 9.59 Å². The SMILES string of the molecule is C=C(C)C(=O)N[C@@H](CSC)C(=O)NC1(C)CCC(C(C)C)CC1. The summed E-state index contributed by atoms with van der Waals surface area (Å²) in [6.07, 6.45) is 6.24. The average molecular weight is 341 g/mol. The van der Waals surface area contributed by atoms with Crippen LogP contribution in [-0.2, 0) is 9.59 Å². The maximum absolute atomic E-state index is 12.6. The number of hydrogen-bond donors (Lipinski definition) is 2. The van der Waals surface area contributed by atoms with Crippen molar-refractivity contribution in [3.8, 4) is 0 Å². The number of thioether (sulfide) groups is 1. The molecule has 4 nitrogen and oxygen atoms in total. The molecule has 0 unspecified atom stereocenters. The van der Waals surface area contributed by atoms with Gasteiger partial charge in [0.1, 0.15) is 6.04 Å². The van der Waals surface area contributed by atoms with Gasteiger partial charge in [0.15, 0.2) is 0 Å². The molecule has 2 N–H and O–H groups in total. The van der Waals surface area contributed by atoms with E-state index in [0.29, 0.717) is 17.2 Å². The lowest BCUT2D eigenvalue weighted by Crippen LogP contribution is -2.56. The standard InChI is InChI=1S/C18H32N2O2S/c1-12(2)14-7-9-18(5,10-8-14)20-17(22)15(11-23-6)19-16(21)13(3)4/h12,14-15H,3,7-11H2,1-2,4-6H3,(H,19,21)(H,20,22)/t14?,15-,18?/m0/s1. The Labute approximate surface area is 145 Å². The van der Waals surface area contributed by atoms with Crippen LogP contribution >= 0.6 is 11.8 Å². The normalized spacial score (nSPS) is 25.7. The van der Waals surface area contributed by atoms with Crippen LogP contribution in [0.5, 0.6) is 0 Å². The van der Waals surface area contributed by atoms with E-state index in [-0.39, 0.29) is 17.4 Å². The molecule has 1 rings (SSSR count). The summed E-state index contributed by atoms with van der Waals surface area (Å²) in [6.45, 7) is 11.9. The second-order valence-electron chi connectivity index (χ2n) is 7.39. The van der Waals surface area contributed by atoms with Crippen molar-refractivity contribution in [3.63, 3.8) is 0 Å². The van der Waals surface area contributed by atoms with E-state index in [0.717, 1.165) is 31.6 Å². The summed E-state index contributed by atoms with van der Waals surface area (Å²) < 4.78 is 0. The van der Waals surface area contributed by atoms with Gasteiger partial charge in [0.05, 0.1) is 0 Å². The van der Waals surface area contributed by atoms with Gasteiger partial charge in [0.25, 0.3) is 0 Å². The van der Waals surface area contributed by atoms with Crippen molar-refractivity contribution in [3.05, 3.63) is 12.2 Å². The van der Waals surface area contributed by atoms with Crippen LogP contribution in [0.3, 0.4) is 0 Å². The minimum absolute atomic E-state index is 0.0838. The molecule has 1 saturated carbocycles. The van der Waals surface area contributed by atoms with Crippen molar-refractivity contribution in [2.45, 2.75) is 65.0 Å². The fourth-order valence-electron chi connectivity index (χ4n) is 3.08. The lowest BCUT2D eigenvalue weighted by molar-refractivity contribution is -0.128. The van der Waals surface area contributed by atoms with Crippen molar-refractivity contribution >= 4 is 23.6 Å². The van der Waals surface area contributed by atoms with Crippen molar-refractivity contribution in [1.29, 1.82) is 0 Å². The number of carbonyl (C=O) groups excluding carboxylic acids is 2. The smallest absolute Gasteiger partial charge is 0.246 e. The first kappa shape index (κ1) is 20.1. The second-order valence-corrected chi connectivity index (χ2v) is 8.30. The molecule has 0 aromatic carbocycles. The van der Waals surface area contributed by atoms with Crippen molar-refractivity contribution < 1.29 is 9.59 Å². The molecule has 1 aliphatic carbocycles. The van der Waals surface area contributed by atoms with Crippen LogP contribution in [0.15, 0.2) is 12.2 Å². The fourth-order valence-corrected chi connectivity index (χ4v) is 3.65. The van der Waals surface area contributed by atoms with E-state index in [4.69, 9.17) is 0 Å². The highest BCUT2D eigenvalue weighted by Gasteiger charge is 2.35. The zero-order valence-electron chi connectivity index (χ0n) is 15.2. The minimum atomic E-state index is -0.506. The van der Waals surface area contributed by atoms with Crippen LogP contribution in [0.25, 0.3) is 0 Å². The Balaban J connectivity index is 2.63. The average Bonchev–Trinajstić information content (AvgIpc) is 2.46. The third-order valence-corrected chi connectivity index (χ3v) is 5.51. The molecule has 1 atom stereocenters. The molecule has 0 heterocycles. The van der Waals surface area contributed by atoms with Crippen LogP contribution in [0.1, 0.15) is 53.4 Å². The molecule has 0 radical (unpaired) electrons. The van der Waals surface area contributed by atoms with E-state index in [2.05, 4.69) is 38.0 Å². The maximum Gasteiger partial charge on any atom is 0.246 e. The topological polar surface area (TPSA) is 58.2 Å². The molecule has 0 spiro atoms. The van der Waals surface area contributed by atoms with Crippen LogP contribution in [-0.4, -0.2) is 35.4 Å². The fraction of sp³-hybridized carbons (Fsp3) is 0.778. The highest BCUT2D eigenvalue weighted by Crippen LogP contribution is 2.35. The third-order valence-electron chi connectivity index (χ3n) is 4.84. The first-order chi connectivity index (χ1) is 10.7. The zero-order chi connectivity index (χ0) is 17.6. The van der Waals surface area contributed by atoms with Crippen molar-refractivity contribution in [1.82, 2.24) is 10.6 Å². The van der Waals surface area contributed by atoms with Gasteiger partial charge in [0, 0.05) is 16.9 Å². The molecule has 0 saturated heterocycles. The Morgan fingerprint density at radius 2 is 1.87 bits per heavy atom. The Hall–Kier alpha value is -0.970. The first-order valence-corrected chi connectivity index (χ1v) is 9.85. The van der Waals surface area contributed by atoms with E-state index in [1.54, 1.807) is 18.7 Å². The summed E-state index contributed by atoms with van der Waals surface area (Å²) in [5.74, 6) is 1.68. The molecule has 0 aromatic heterocycles. The molecule has 0 aliphatic heterocycles. The molecular weight excluding hydrogens is 308 g/mol. The maximum atomic E-state index is 12.6. The summed E-state index contributed by atoms with van der Waals surface area (Å²) in [5.41, 5.74) is 0.264. The van der Waals surface area contributed by atoms with Crippen LogP contribution < -0.4 is 10.6 Å². The van der Waals surface area contributed by atoms with Crippen LogP contribution in [0.2, 0.25) is 0 Å². The molecule has 2 amide bonds. The summed E-state index contributed by atoms with van der Waals surface area (Å²) in [6, 6.07) is -0.506.